The molecule has 18 heavy (non-hydrogen) atoms. The highest BCUT2D eigenvalue weighted by molar-refractivity contribution is 7.90. The van der Waals surface area contributed by atoms with Crippen LogP contribution in [0.2, 0.25) is 0 Å². The lowest BCUT2D eigenvalue weighted by Gasteiger charge is -2.18. The van der Waals surface area contributed by atoms with Crippen LogP contribution in [-0.4, -0.2) is 38.0 Å². The van der Waals surface area contributed by atoms with Crippen LogP contribution in [0.4, 0.5) is 10.1 Å². The molecule has 1 aromatic carbocycles. The van der Waals surface area contributed by atoms with E-state index < -0.39 is 16.0 Å². The van der Waals surface area contributed by atoms with Gasteiger partial charge in [-0.2, -0.15) is 12.7 Å². The van der Waals surface area contributed by atoms with Gasteiger partial charge in [-0.05, 0) is 37.1 Å². The Morgan fingerprint density at radius 3 is 2.61 bits per heavy atom. The van der Waals surface area contributed by atoms with Crippen LogP contribution in [-0.2, 0) is 10.2 Å². The van der Waals surface area contributed by atoms with Crippen molar-refractivity contribution in [2.75, 3.05) is 24.9 Å². The molecule has 0 heterocycles. The van der Waals surface area contributed by atoms with E-state index in [1.54, 1.807) is 13.0 Å². The van der Waals surface area contributed by atoms with Crippen molar-refractivity contribution in [2.45, 2.75) is 13.3 Å². The van der Waals surface area contributed by atoms with Gasteiger partial charge in [0.05, 0.1) is 5.69 Å². The van der Waals surface area contributed by atoms with Crippen LogP contribution in [0.3, 0.4) is 0 Å². The van der Waals surface area contributed by atoms with Crippen molar-refractivity contribution in [1.29, 1.82) is 0 Å². The van der Waals surface area contributed by atoms with E-state index in [1.807, 2.05) is 0 Å². The van der Waals surface area contributed by atoms with Gasteiger partial charge in [0.1, 0.15) is 5.82 Å². The molecule has 0 radical (unpaired) electrons. The van der Waals surface area contributed by atoms with Crippen LogP contribution in [0.15, 0.2) is 18.2 Å². The Bertz CT molecular complexity index is 485. The molecule has 5 nitrogen and oxygen atoms in total. The molecule has 0 aliphatic heterocycles. The summed E-state index contributed by atoms with van der Waals surface area (Å²) in [4.78, 5) is 0. The molecular weight excluding hydrogens is 259 g/mol. The Kier molecular flexibility index (Phi) is 5.06. The van der Waals surface area contributed by atoms with E-state index in [-0.39, 0.29) is 18.8 Å². The van der Waals surface area contributed by atoms with E-state index in [1.165, 1.54) is 13.1 Å². The summed E-state index contributed by atoms with van der Waals surface area (Å²) >= 11 is 0. The maximum absolute atomic E-state index is 13.1. The number of anilines is 1. The molecule has 2 N–H and O–H groups in total. The highest BCUT2D eigenvalue weighted by atomic mass is 32.2. The maximum atomic E-state index is 13.1. The summed E-state index contributed by atoms with van der Waals surface area (Å²) in [7, 11) is -2.32. The zero-order valence-corrected chi connectivity index (χ0v) is 11.2. The summed E-state index contributed by atoms with van der Waals surface area (Å²) in [6.45, 7) is 1.79. The molecule has 0 aliphatic rings. The Morgan fingerprint density at radius 2 is 2.06 bits per heavy atom. The number of aliphatic hydroxyl groups is 1. The van der Waals surface area contributed by atoms with Gasteiger partial charge in [-0.15, -0.1) is 0 Å². The largest absolute Gasteiger partial charge is 0.396 e. The smallest absolute Gasteiger partial charge is 0.301 e. The monoisotopic (exact) mass is 276 g/mol. The van der Waals surface area contributed by atoms with E-state index in [2.05, 4.69) is 4.72 Å². The Labute approximate surface area is 106 Å². The normalized spacial score (nSPS) is 11.8. The summed E-state index contributed by atoms with van der Waals surface area (Å²) in [5.41, 5.74) is 0.814. The Balaban J connectivity index is 2.81. The summed E-state index contributed by atoms with van der Waals surface area (Å²) < 4.78 is 40.2. The fraction of sp³-hybridized carbons (Fsp3) is 0.455. The number of hydrogen-bond acceptors (Lipinski definition) is 3. The minimum absolute atomic E-state index is 0.0844. The number of nitrogens with zero attached hydrogens (tertiary/aromatic N) is 1. The third kappa shape index (κ3) is 4.25. The van der Waals surface area contributed by atoms with Gasteiger partial charge >= 0.3 is 10.2 Å². The van der Waals surface area contributed by atoms with Gasteiger partial charge in [-0.25, -0.2) is 4.39 Å². The minimum Gasteiger partial charge on any atom is -0.396 e. The molecule has 0 atom stereocenters. The molecule has 0 fully saturated rings. The standard InChI is InChI=1S/C11H17FN2O3S/c1-9-6-10(12)8-11(7-9)13-18(16,17)14(2)4-3-5-15/h6-8,13,15H,3-5H2,1-2H3. The van der Waals surface area contributed by atoms with Crippen LogP contribution in [0.25, 0.3) is 0 Å². The molecule has 1 aromatic rings. The van der Waals surface area contributed by atoms with Crippen molar-refractivity contribution in [1.82, 2.24) is 4.31 Å². The van der Waals surface area contributed by atoms with E-state index in [0.717, 1.165) is 10.4 Å². The first-order valence-corrected chi connectivity index (χ1v) is 6.91. The first kappa shape index (κ1) is 14.9. The first-order chi connectivity index (χ1) is 8.35. The second-order valence-electron chi connectivity index (χ2n) is 4.02. The average Bonchev–Trinajstić information content (AvgIpc) is 2.23. The fourth-order valence-corrected chi connectivity index (χ4v) is 2.38. The van der Waals surface area contributed by atoms with Gasteiger partial charge in [0, 0.05) is 20.2 Å². The van der Waals surface area contributed by atoms with Gasteiger partial charge in [0.25, 0.3) is 0 Å². The van der Waals surface area contributed by atoms with Crippen molar-refractivity contribution in [2.24, 2.45) is 0 Å². The zero-order valence-electron chi connectivity index (χ0n) is 10.4. The molecule has 0 bridgehead atoms. The van der Waals surface area contributed by atoms with Crippen LogP contribution in [0, 0.1) is 12.7 Å². The van der Waals surface area contributed by atoms with E-state index in [0.29, 0.717) is 12.0 Å². The van der Waals surface area contributed by atoms with Crippen molar-refractivity contribution in [3.05, 3.63) is 29.6 Å². The molecule has 0 unspecified atom stereocenters. The lowest BCUT2D eigenvalue weighted by Crippen LogP contribution is -2.33. The first-order valence-electron chi connectivity index (χ1n) is 5.47. The van der Waals surface area contributed by atoms with Crippen molar-refractivity contribution in [3.63, 3.8) is 0 Å². The summed E-state index contributed by atoms with van der Waals surface area (Å²) in [6.07, 6.45) is 0.347. The Morgan fingerprint density at radius 1 is 1.39 bits per heavy atom. The van der Waals surface area contributed by atoms with Crippen LogP contribution in [0.1, 0.15) is 12.0 Å². The maximum Gasteiger partial charge on any atom is 0.301 e. The van der Waals surface area contributed by atoms with Gasteiger partial charge in [-0.3, -0.25) is 4.72 Å². The van der Waals surface area contributed by atoms with Gasteiger partial charge in [0.15, 0.2) is 0 Å². The second kappa shape index (κ2) is 6.12. The number of benzene rings is 1. The number of nitrogens with one attached hydrogen (secondary N) is 1. The van der Waals surface area contributed by atoms with Crippen molar-refractivity contribution in [3.8, 4) is 0 Å². The molecule has 0 aromatic heterocycles. The highest BCUT2D eigenvalue weighted by Crippen LogP contribution is 2.15. The topological polar surface area (TPSA) is 69.6 Å². The van der Waals surface area contributed by atoms with Crippen LogP contribution in [0.5, 0.6) is 0 Å². The number of halogens is 1. The molecule has 102 valence electrons. The molecule has 0 saturated carbocycles. The third-order valence-corrected chi connectivity index (χ3v) is 3.83. The minimum atomic E-state index is -3.71. The van der Waals surface area contributed by atoms with E-state index in [4.69, 9.17) is 5.11 Å². The number of aryl methyl sites for hydroxylation is 1. The summed E-state index contributed by atoms with van der Waals surface area (Å²) in [5.74, 6) is -0.495. The van der Waals surface area contributed by atoms with Crippen LogP contribution >= 0.6 is 0 Å². The predicted octanol–water partition coefficient (Wildman–Crippen LogP) is 1.11. The lowest BCUT2D eigenvalue weighted by molar-refractivity contribution is 0.276. The molecule has 7 heteroatoms. The molecule has 0 aliphatic carbocycles. The predicted molar refractivity (Wildman–Crippen MR) is 68.0 cm³/mol. The van der Waals surface area contributed by atoms with E-state index in [9.17, 15) is 12.8 Å². The van der Waals surface area contributed by atoms with Crippen molar-refractivity contribution >= 4 is 15.9 Å². The van der Waals surface area contributed by atoms with Gasteiger partial charge < -0.3 is 5.11 Å². The summed E-state index contributed by atoms with van der Waals surface area (Å²) in [6, 6.07) is 3.97. The Hall–Kier alpha value is -1.18. The second-order valence-corrected chi connectivity index (χ2v) is 5.80. The lowest BCUT2D eigenvalue weighted by atomic mass is 10.2. The molecule has 1 rings (SSSR count). The van der Waals surface area contributed by atoms with Gasteiger partial charge in [-0.1, -0.05) is 0 Å². The quantitative estimate of drug-likeness (QED) is 0.817. The fourth-order valence-electron chi connectivity index (χ4n) is 1.44. The zero-order chi connectivity index (χ0) is 13.8. The molecule has 0 saturated heterocycles. The number of rotatable bonds is 6. The molecule has 0 spiro atoms. The number of aliphatic hydroxyl groups excluding tert-OH is 1. The van der Waals surface area contributed by atoms with E-state index >= 15 is 0 Å². The van der Waals surface area contributed by atoms with Crippen molar-refractivity contribution < 1.29 is 17.9 Å². The average molecular weight is 276 g/mol. The van der Waals surface area contributed by atoms with Gasteiger partial charge in [0.2, 0.25) is 0 Å². The summed E-state index contributed by atoms with van der Waals surface area (Å²) in [5, 5.41) is 8.65. The molecular formula is C11H17FN2O3S. The third-order valence-electron chi connectivity index (χ3n) is 2.33. The molecule has 0 amide bonds. The SMILES string of the molecule is Cc1cc(F)cc(NS(=O)(=O)N(C)CCCO)c1. The highest BCUT2D eigenvalue weighted by Gasteiger charge is 2.17. The number of hydrogen-bond donors (Lipinski definition) is 2. The van der Waals surface area contributed by atoms with Crippen LogP contribution < -0.4 is 4.72 Å².